The van der Waals surface area contributed by atoms with Crippen LogP contribution in [0.1, 0.15) is 32.6 Å². The van der Waals surface area contributed by atoms with Gasteiger partial charge in [-0.3, -0.25) is 9.59 Å². The number of benzene rings is 2. The van der Waals surface area contributed by atoms with Crippen molar-refractivity contribution in [1.29, 1.82) is 0 Å². The van der Waals surface area contributed by atoms with Crippen molar-refractivity contribution in [2.45, 2.75) is 32.6 Å². The lowest BCUT2D eigenvalue weighted by molar-refractivity contribution is -0.123. The summed E-state index contributed by atoms with van der Waals surface area (Å²) in [5.74, 6) is 0.756. The van der Waals surface area contributed by atoms with Gasteiger partial charge in [-0.15, -0.1) is 0 Å². The summed E-state index contributed by atoms with van der Waals surface area (Å²) < 4.78 is 11.0. The van der Waals surface area contributed by atoms with Crippen LogP contribution in [-0.4, -0.2) is 31.6 Å². The third kappa shape index (κ3) is 10.8. The number of allylic oxidation sites excluding steroid dienone is 1. The van der Waals surface area contributed by atoms with Crippen LogP contribution in [0, 0.1) is 0 Å². The maximum Gasteiger partial charge on any atom is 0.257 e. The van der Waals surface area contributed by atoms with E-state index < -0.39 is 0 Å². The third-order valence-electron chi connectivity index (χ3n) is 4.34. The molecule has 178 valence electrons. The minimum Gasteiger partial charge on any atom is -0.494 e. The zero-order valence-corrected chi connectivity index (χ0v) is 20.6. The highest BCUT2D eigenvalue weighted by Gasteiger charge is 2.08. The Kier molecular flexibility index (Phi) is 11.9. The molecular formula is C24H27Cl3N2O4. The number of hydrogen-bond acceptors (Lipinski definition) is 4. The molecule has 2 aromatic carbocycles. The van der Waals surface area contributed by atoms with Crippen LogP contribution in [0.2, 0.25) is 15.1 Å². The molecule has 0 aliphatic heterocycles. The summed E-state index contributed by atoms with van der Waals surface area (Å²) in [5, 5.41) is 7.05. The number of halogens is 3. The Morgan fingerprint density at radius 1 is 0.939 bits per heavy atom. The Morgan fingerprint density at radius 2 is 1.73 bits per heavy atom. The molecule has 0 aromatic heterocycles. The van der Waals surface area contributed by atoms with Gasteiger partial charge in [0.25, 0.3) is 5.91 Å². The van der Waals surface area contributed by atoms with E-state index in [9.17, 15) is 9.59 Å². The van der Waals surface area contributed by atoms with Crippen molar-refractivity contribution in [3.05, 3.63) is 69.3 Å². The molecule has 2 aromatic rings. The fourth-order valence-corrected chi connectivity index (χ4v) is 3.25. The Morgan fingerprint density at radius 3 is 2.45 bits per heavy atom. The van der Waals surface area contributed by atoms with E-state index in [1.54, 1.807) is 30.3 Å². The fraction of sp³-hybridized carbons (Fsp3) is 0.333. The molecule has 0 heterocycles. The molecule has 0 bridgehead atoms. The van der Waals surface area contributed by atoms with Crippen LogP contribution in [0.3, 0.4) is 0 Å². The number of ether oxygens (including phenoxy) is 2. The summed E-state index contributed by atoms with van der Waals surface area (Å²) in [6.07, 6.45) is 4.09. The van der Waals surface area contributed by atoms with Crippen molar-refractivity contribution in [3.8, 4) is 11.5 Å². The van der Waals surface area contributed by atoms with E-state index in [2.05, 4.69) is 10.6 Å². The topological polar surface area (TPSA) is 76.7 Å². The van der Waals surface area contributed by atoms with Gasteiger partial charge in [-0.2, -0.15) is 0 Å². The summed E-state index contributed by atoms with van der Waals surface area (Å²) >= 11 is 17.7. The number of rotatable bonds is 13. The quantitative estimate of drug-likeness (QED) is 0.332. The van der Waals surface area contributed by atoms with Gasteiger partial charge in [0, 0.05) is 36.2 Å². The SMILES string of the molecule is CC/C=C(\CCNC(=O)COc1ccc(Cl)c(Cl)c1)NC(=O)CCCOc1cccc(Cl)c1. The largest absolute Gasteiger partial charge is 0.494 e. The second kappa shape index (κ2) is 14.7. The first-order valence-corrected chi connectivity index (χ1v) is 11.7. The normalized spacial score (nSPS) is 11.1. The average molecular weight is 514 g/mol. The Bertz CT molecular complexity index is 966. The van der Waals surface area contributed by atoms with Gasteiger partial charge in [0.05, 0.1) is 16.7 Å². The van der Waals surface area contributed by atoms with E-state index in [0.29, 0.717) is 59.0 Å². The first kappa shape index (κ1) is 26.8. The summed E-state index contributed by atoms with van der Waals surface area (Å²) in [6.45, 7) is 2.61. The zero-order valence-electron chi connectivity index (χ0n) is 18.3. The van der Waals surface area contributed by atoms with Gasteiger partial charge in [-0.05, 0) is 43.2 Å². The van der Waals surface area contributed by atoms with Crippen molar-refractivity contribution in [1.82, 2.24) is 10.6 Å². The van der Waals surface area contributed by atoms with Crippen LogP contribution < -0.4 is 20.1 Å². The Hall–Kier alpha value is -2.41. The lowest BCUT2D eigenvalue weighted by Crippen LogP contribution is -2.31. The molecule has 0 unspecified atom stereocenters. The van der Waals surface area contributed by atoms with E-state index in [4.69, 9.17) is 44.3 Å². The molecular weight excluding hydrogens is 487 g/mol. The van der Waals surface area contributed by atoms with E-state index in [1.807, 2.05) is 25.1 Å². The molecule has 9 heteroatoms. The maximum absolute atomic E-state index is 12.2. The Balaban J connectivity index is 1.65. The molecule has 0 fully saturated rings. The standard InChI is InChI=1S/C24H27Cl3N2O4/c1-2-5-18(29-23(30)8-4-13-32-19-7-3-6-17(25)14-19)11-12-28-24(31)16-33-20-9-10-21(26)22(27)15-20/h3,5-7,9-10,14-15H,2,4,8,11-13,16H2,1H3,(H,28,31)(H,29,30)/b18-5+. The summed E-state index contributed by atoms with van der Waals surface area (Å²) in [4.78, 5) is 24.3. The van der Waals surface area contributed by atoms with E-state index in [1.165, 1.54) is 0 Å². The smallest absolute Gasteiger partial charge is 0.257 e. The third-order valence-corrected chi connectivity index (χ3v) is 5.32. The van der Waals surface area contributed by atoms with Crippen molar-refractivity contribution in [2.24, 2.45) is 0 Å². The van der Waals surface area contributed by atoms with Gasteiger partial charge in [0.15, 0.2) is 6.61 Å². The Labute approximate surface area is 209 Å². The van der Waals surface area contributed by atoms with Crippen LogP contribution in [-0.2, 0) is 9.59 Å². The summed E-state index contributed by atoms with van der Waals surface area (Å²) in [6, 6.07) is 11.9. The predicted octanol–water partition coefficient (Wildman–Crippen LogP) is 5.80. The molecule has 0 aliphatic carbocycles. The van der Waals surface area contributed by atoms with Gasteiger partial charge in [-0.1, -0.05) is 53.9 Å². The highest BCUT2D eigenvalue weighted by Crippen LogP contribution is 2.26. The van der Waals surface area contributed by atoms with Gasteiger partial charge < -0.3 is 20.1 Å². The number of nitrogens with one attached hydrogen (secondary N) is 2. The van der Waals surface area contributed by atoms with E-state index in [0.717, 1.165) is 12.1 Å². The highest BCUT2D eigenvalue weighted by atomic mass is 35.5. The van der Waals surface area contributed by atoms with Crippen molar-refractivity contribution >= 4 is 46.6 Å². The molecule has 0 saturated carbocycles. The second-order valence-corrected chi connectivity index (χ2v) is 8.31. The maximum atomic E-state index is 12.2. The van der Waals surface area contributed by atoms with Crippen LogP contribution >= 0.6 is 34.8 Å². The van der Waals surface area contributed by atoms with Gasteiger partial charge in [0.1, 0.15) is 11.5 Å². The molecule has 2 amide bonds. The number of hydrogen-bond donors (Lipinski definition) is 2. The second-order valence-electron chi connectivity index (χ2n) is 7.06. The molecule has 0 spiro atoms. The lowest BCUT2D eigenvalue weighted by atomic mass is 10.2. The van der Waals surface area contributed by atoms with Crippen molar-refractivity contribution < 1.29 is 19.1 Å². The monoisotopic (exact) mass is 512 g/mol. The van der Waals surface area contributed by atoms with Gasteiger partial charge in [0.2, 0.25) is 5.91 Å². The zero-order chi connectivity index (χ0) is 24.1. The lowest BCUT2D eigenvalue weighted by Gasteiger charge is -2.12. The molecule has 2 rings (SSSR count). The van der Waals surface area contributed by atoms with E-state index >= 15 is 0 Å². The van der Waals surface area contributed by atoms with Crippen LogP contribution in [0.25, 0.3) is 0 Å². The minimum atomic E-state index is -0.276. The molecule has 33 heavy (non-hydrogen) atoms. The minimum absolute atomic E-state index is 0.0985. The molecule has 6 nitrogen and oxygen atoms in total. The first-order chi connectivity index (χ1) is 15.9. The molecule has 2 N–H and O–H groups in total. The average Bonchev–Trinajstić information content (AvgIpc) is 2.78. The fourth-order valence-electron chi connectivity index (χ4n) is 2.79. The van der Waals surface area contributed by atoms with E-state index in [-0.39, 0.29) is 18.4 Å². The van der Waals surface area contributed by atoms with Crippen molar-refractivity contribution in [2.75, 3.05) is 19.8 Å². The molecule has 0 atom stereocenters. The summed E-state index contributed by atoms with van der Waals surface area (Å²) in [5.41, 5.74) is 0.768. The van der Waals surface area contributed by atoms with Crippen LogP contribution in [0.4, 0.5) is 0 Å². The van der Waals surface area contributed by atoms with Crippen LogP contribution in [0.15, 0.2) is 54.2 Å². The van der Waals surface area contributed by atoms with Crippen molar-refractivity contribution in [3.63, 3.8) is 0 Å². The molecule has 0 saturated heterocycles. The highest BCUT2D eigenvalue weighted by molar-refractivity contribution is 6.42. The first-order valence-electron chi connectivity index (χ1n) is 10.6. The molecule has 0 aliphatic rings. The number of carbonyl (C=O) groups is 2. The predicted molar refractivity (Wildman–Crippen MR) is 132 cm³/mol. The summed E-state index contributed by atoms with van der Waals surface area (Å²) in [7, 11) is 0. The number of carbonyl (C=O) groups excluding carboxylic acids is 2. The van der Waals surface area contributed by atoms with Gasteiger partial charge in [-0.25, -0.2) is 0 Å². The molecule has 0 radical (unpaired) electrons. The van der Waals surface area contributed by atoms with Gasteiger partial charge >= 0.3 is 0 Å². The van der Waals surface area contributed by atoms with Crippen LogP contribution in [0.5, 0.6) is 11.5 Å². The number of amides is 2.